The van der Waals surface area contributed by atoms with Gasteiger partial charge in [-0.25, -0.2) is 4.31 Å². The molecule has 0 saturated carbocycles. The first-order chi connectivity index (χ1) is 11.1. The largest absolute Gasteiger partial charge is 0.524 e. The van der Waals surface area contributed by atoms with Gasteiger partial charge in [-0.15, -0.1) is 3.63 Å². The summed E-state index contributed by atoms with van der Waals surface area (Å²) in [6.07, 6.45) is -0.0661. The Balaban J connectivity index is 3.93. The molecule has 0 amide bonds. The van der Waals surface area contributed by atoms with Crippen LogP contribution in [0.1, 0.15) is 13.3 Å². The summed E-state index contributed by atoms with van der Waals surface area (Å²) >= 11 is 0. The van der Waals surface area contributed by atoms with Crippen LogP contribution >= 0.6 is 0 Å². The van der Waals surface area contributed by atoms with E-state index >= 15 is 0 Å². The molecule has 0 aliphatic carbocycles. The number of nitrogens with zero attached hydrogens (tertiary/aromatic N) is 1. The molecule has 0 saturated heterocycles. The quantitative estimate of drug-likeness (QED) is 0.528. The second-order valence-corrected chi connectivity index (χ2v) is 10.1. The molecule has 1 rings (SSSR count). The van der Waals surface area contributed by atoms with Crippen LogP contribution in [0.3, 0.4) is 0 Å². The fraction of sp³-hybridized carbons (Fsp3) is 0.500. The van der Waals surface area contributed by atoms with Gasteiger partial charge < -0.3 is 0 Å². The van der Waals surface area contributed by atoms with Gasteiger partial charge >= 0.3 is 21.1 Å². The van der Waals surface area contributed by atoms with Crippen LogP contribution in [0, 0.1) is 0 Å². The molecule has 5 nitrogen and oxygen atoms in total. The molecule has 146 valence electrons. The number of halogens is 6. The molecule has 0 unspecified atom stereocenters. The Hall–Kier alpha value is -1.18. The van der Waals surface area contributed by atoms with Crippen molar-refractivity contribution in [3.05, 3.63) is 30.3 Å². The molecule has 13 heteroatoms. The molecule has 0 aliphatic heterocycles. The Labute approximate surface area is 140 Å². The Morgan fingerprint density at radius 1 is 1.08 bits per heavy atom. The third-order valence-corrected chi connectivity index (χ3v) is 8.70. The van der Waals surface area contributed by atoms with E-state index in [2.05, 4.69) is 3.63 Å². The van der Waals surface area contributed by atoms with Gasteiger partial charge in [0.05, 0.1) is 4.90 Å². The maximum Gasteiger partial charge on any atom is 0.524 e. The minimum absolute atomic E-state index is 0.0319. The molecule has 0 N–H and O–H groups in total. The summed E-state index contributed by atoms with van der Waals surface area (Å²) < 4.78 is 119. The first kappa shape index (κ1) is 21.9. The summed E-state index contributed by atoms with van der Waals surface area (Å²) in [5.74, 6) is 0. The van der Waals surface area contributed by atoms with Crippen molar-refractivity contribution in [2.45, 2.75) is 29.3 Å². The van der Waals surface area contributed by atoms with Crippen LogP contribution < -0.4 is 0 Å². The molecular weight excluding hydrogens is 400 g/mol. The predicted molar refractivity (Wildman–Crippen MR) is 77.9 cm³/mol. The van der Waals surface area contributed by atoms with Gasteiger partial charge in [-0.1, -0.05) is 25.1 Å². The molecule has 0 fully saturated rings. The van der Waals surface area contributed by atoms with Crippen molar-refractivity contribution in [2.75, 3.05) is 13.6 Å². The molecule has 0 spiro atoms. The Bertz CT molecular complexity index is 775. The Kier molecular flexibility index (Phi) is 5.70. The maximum atomic E-state index is 13.9. The zero-order chi connectivity index (χ0) is 19.8. The molecule has 25 heavy (non-hydrogen) atoms. The van der Waals surface area contributed by atoms with E-state index in [1.165, 1.54) is 13.0 Å². The fourth-order valence-electron chi connectivity index (χ4n) is 1.97. The van der Waals surface area contributed by atoms with Crippen LogP contribution in [0.25, 0.3) is 0 Å². The lowest BCUT2D eigenvalue weighted by molar-refractivity contribution is -0.0655. The zero-order valence-electron chi connectivity index (χ0n) is 13.0. The lowest BCUT2D eigenvalue weighted by Crippen LogP contribution is -2.62. The van der Waals surface area contributed by atoms with E-state index in [0.29, 0.717) is 19.2 Å². The Morgan fingerprint density at radius 3 is 1.92 bits per heavy atom. The van der Waals surface area contributed by atoms with Crippen LogP contribution in [0.15, 0.2) is 35.2 Å². The molecule has 0 radical (unpaired) electrons. The van der Waals surface area contributed by atoms with E-state index in [1.807, 2.05) is 0 Å². The highest BCUT2D eigenvalue weighted by Gasteiger charge is 2.67. The summed E-state index contributed by atoms with van der Waals surface area (Å²) in [5.41, 5.74) is -12.2. The van der Waals surface area contributed by atoms with Gasteiger partial charge in [0.15, 0.2) is 0 Å². The number of rotatable bonds is 6. The minimum Gasteiger partial charge on any atom is -0.201 e. The van der Waals surface area contributed by atoms with Gasteiger partial charge in [-0.05, 0) is 28.1 Å². The summed E-state index contributed by atoms with van der Waals surface area (Å²) in [7, 11) is -13.4. The van der Waals surface area contributed by atoms with Crippen molar-refractivity contribution < 1.29 is 42.6 Å². The molecule has 1 aromatic carbocycles. The molecule has 1 aromatic rings. The van der Waals surface area contributed by atoms with Gasteiger partial charge in [-0.2, -0.15) is 39.0 Å². The van der Waals surface area contributed by atoms with E-state index in [-0.39, 0.29) is 10.7 Å². The third kappa shape index (κ3) is 3.41. The van der Waals surface area contributed by atoms with Gasteiger partial charge in [0.2, 0.25) is 0 Å². The lowest BCUT2D eigenvalue weighted by atomic mass is 10.4. The number of hydrogen-bond donors (Lipinski definition) is 0. The highest BCUT2D eigenvalue weighted by Crippen LogP contribution is 2.55. The van der Waals surface area contributed by atoms with Crippen molar-refractivity contribution in [1.29, 1.82) is 0 Å². The second kappa shape index (κ2) is 6.52. The second-order valence-electron chi connectivity index (χ2n) is 4.91. The zero-order valence-corrected chi connectivity index (χ0v) is 14.6. The molecular formula is C12H15F6NO4S2. The van der Waals surface area contributed by atoms with Gasteiger partial charge in [0.25, 0.3) is 0 Å². The highest BCUT2D eigenvalue weighted by molar-refractivity contribution is 8.19. The van der Waals surface area contributed by atoms with E-state index in [0.717, 1.165) is 12.1 Å². The summed E-state index contributed by atoms with van der Waals surface area (Å²) in [6, 6.07) is 4.35. The number of hydrogen-bond acceptors (Lipinski definition) is 4. The van der Waals surface area contributed by atoms with E-state index in [1.54, 1.807) is 0 Å². The van der Waals surface area contributed by atoms with Crippen molar-refractivity contribution in [2.24, 2.45) is 0 Å². The van der Waals surface area contributed by atoms with Gasteiger partial charge in [0, 0.05) is 13.6 Å². The molecule has 0 aromatic heterocycles. The number of alkyl halides is 6. The van der Waals surface area contributed by atoms with Crippen molar-refractivity contribution in [3.8, 4) is 0 Å². The van der Waals surface area contributed by atoms with Crippen LogP contribution in [-0.2, 0) is 23.3 Å². The van der Waals surface area contributed by atoms with Gasteiger partial charge in [-0.3, -0.25) is 0 Å². The molecule has 0 aliphatic rings. The maximum absolute atomic E-state index is 13.9. The topological polar surface area (TPSA) is 63.7 Å². The first-order valence-electron chi connectivity index (χ1n) is 6.64. The van der Waals surface area contributed by atoms with Crippen molar-refractivity contribution in [3.63, 3.8) is 0 Å². The van der Waals surface area contributed by atoms with Crippen LogP contribution in [0.2, 0.25) is 0 Å². The van der Waals surface area contributed by atoms with E-state index in [9.17, 15) is 39.0 Å². The lowest BCUT2D eigenvalue weighted by Gasteiger charge is -2.52. The normalized spacial score (nSPS) is 15.8. The fourth-order valence-corrected chi connectivity index (χ4v) is 6.77. The van der Waals surface area contributed by atoms with Crippen LogP contribution in [-0.4, -0.2) is 41.5 Å². The standard InChI is InChI=1S/C12H15F6NO4S2/c1-3-9-19(2)25(22,12(16,17)18,10-7-5-4-6-8-10)23-24(20,21)11(13,14)15/h4-8H,3,9H2,1-2H3. The summed E-state index contributed by atoms with van der Waals surface area (Å²) in [5, 5.41) is 0. The van der Waals surface area contributed by atoms with E-state index < -0.39 is 42.1 Å². The first-order valence-corrected chi connectivity index (χ1v) is 9.90. The smallest absolute Gasteiger partial charge is 0.201 e. The molecule has 0 bridgehead atoms. The summed E-state index contributed by atoms with van der Waals surface area (Å²) in [6.45, 7) is 0.723. The summed E-state index contributed by atoms with van der Waals surface area (Å²) in [4.78, 5) is -1.24. The van der Waals surface area contributed by atoms with E-state index in [4.69, 9.17) is 0 Å². The average Bonchev–Trinajstić information content (AvgIpc) is 2.45. The average molecular weight is 415 g/mol. The molecule has 0 atom stereocenters. The number of benzene rings is 1. The monoisotopic (exact) mass is 415 g/mol. The minimum atomic E-state index is -7.15. The molecule has 0 heterocycles. The van der Waals surface area contributed by atoms with Crippen molar-refractivity contribution >= 4 is 19.7 Å². The van der Waals surface area contributed by atoms with Crippen molar-refractivity contribution in [1.82, 2.24) is 4.31 Å². The van der Waals surface area contributed by atoms with Gasteiger partial charge in [0.1, 0.15) is 0 Å². The third-order valence-electron chi connectivity index (χ3n) is 3.17. The van der Waals surface area contributed by atoms with Crippen LogP contribution in [0.5, 0.6) is 0 Å². The highest BCUT2D eigenvalue weighted by atomic mass is 32.3. The predicted octanol–water partition coefficient (Wildman–Crippen LogP) is 3.42. The SMILES string of the molecule is CCCN(C)S(=O)(OS(=O)(=O)C(F)(F)F)(c1ccccc1)C(F)(F)F. The Morgan fingerprint density at radius 2 is 1.56 bits per heavy atom. The van der Waals surface area contributed by atoms with Crippen LogP contribution in [0.4, 0.5) is 26.3 Å².